The van der Waals surface area contributed by atoms with E-state index in [9.17, 15) is 22.8 Å². The first-order chi connectivity index (χ1) is 18.2. The van der Waals surface area contributed by atoms with Gasteiger partial charge in [0.1, 0.15) is 11.1 Å². The summed E-state index contributed by atoms with van der Waals surface area (Å²) < 4.78 is 30.2. The van der Waals surface area contributed by atoms with Crippen LogP contribution in [-0.2, 0) is 19.4 Å². The first-order valence-corrected chi connectivity index (χ1v) is 14.7. The highest BCUT2D eigenvalue weighted by molar-refractivity contribution is 7.90. The van der Waals surface area contributed by atoms with E-state index in [1.807, 2.05) is 18.2 Å². The van der Waals surface area contributed by atoms with Crippen molar-refractivity contribution in [1.29, 1.82) is 0 Å². The highest BCUT2D eigenvalue weighted by atomic mass is 32.2. The Morgan fingerprint density at radius 2 is 1.74 bits per heavy atom. The van der Waals surface area contributed by atoms with Crippen LogP contribution in [0.15, 0.2) is 63.9 Å². The molecule has 2 fully saturated rings. The maximum Gasteiger partial charge on any atom is 0.287 e. The van der Waals surface area contributed by atoms with Crippen LogP contribution < -0.4 is 15.5 Å². The van der Waals surface area contributed by atoms with Gasteiger partial charge in [-0.15, -0.1) is 0 Å². The fraction of sp³-hybridized carbons (Fsp3) is 0.393. The minimum atomic E-state index is -3.47. The highest BCUT2D eigenvalue weighted by Gasteiger charge is 2.43. The third kappa shape index (κ3) is 5.18. The molecule has 2 aliphatic rings. The summed E-state index contributed by atoms with van der Waals surface area (Å²) in [6.07, 6.45) is 4.94. The van der Waals surface area contributed by atoms with Gasteiger partial charge in [0.05, 0.1) is 23.2 Å². The Morgan fingerprint density at radius 1 is 1.03 bits per heavy atom. The zero-order valence-electron chi connectivity index (χ0n) is 21.2. The molecule has 2 amide bonds. The molecule has 2 heterocycles. The van der Waals surface area contributed by atoms with Gasteiger partial charge in [0.2, 0.25) is 5.91 Å². The summed E-state index contributed by atoms with van der Waals surface area (Å²) >= 11 is 0. The zero-order valence-corrected chi connectivity index (χ0v) is 22.1. The molecule has 0 bridgehead atoms. The number of fused-ring (bicyclic) bond motifs is 1. The van der Waals surface area contributed by atoms with E-state index >= 15 is 0 Å². The van der Waals surface area contributed by atoms with Gasteiger partial charge in [-0.3, -0.25) is 14.4 Å². The van der Waals surface area contributed by atoms with Crippen LogP contribution in [0.4, 0.5) is 5.69 Å². The number of Topliss-reactive ketones (excluding diaryl/α,β-unsaturated/α-hetero) is 1. The van der Waals surface area contributed by atoms with Crippen molar-refractivity contribution in [2.45, 2.75) is 55.0 Å². The molecule has 2 N–H and O–H groups in total. The van der Waals surface area contributed by atoms with Crippen LogP contribution in [0.5, 0.6) is 0 Å². The van der Waals surface area contributed by atoms with Crippen molar-refractivity contribution in [3.63, 3.8) is 0 Å². The third-order valence-corrected chi connectivity index (χ3v) is 8.62. The van der Waals surface area contributed by atoms with E-state index in [1.54, 1.807) is 35.2 Å². The lowest BCUT2D eigenvalue weighted by Crippen LogP contribution is -2.63. The molecule has 2 aromatic carbocycles. The summed E-state index contributed by atoms with van der Waals surface area (Å²) in [5.74, 6) is -0.901. The quantitative estimate of drug-likeness (QED) is 0.494. The number of anilines is 1. The van der Waals surface area contributed by atoms with Crippen molar-refractivity contribution >= 4 is 44.1 Å². The van der Waals surface area contributed by atoms with Gasteiger partial charge in [-0.1, -0.05) is 49.6 Å². The highest BCUT2D eigenvalue weighted by Crippen LogP contribution is 2.31. The largest absolute Gasteiger partial charge is 0.451 e. The lowest BCUT2D eigenvalue weighted by Gasteiger charge is -2.39. The number of benzene rings is 2. The number of nitrogens with one attached hydrogen (secondary N) is 2. The van der Waals surface area contributed by atoms with Crippen molar-refractivity contribution < 1.29 is 27.2 Å². The molecule has 5 rings (SSSR count). The van der Waals surface area contributed by atoms with Gasteiger partial charge >= 0.3 is 0 Å². The lowest BCUT2D eigenvalue weighted by atomic mass is 9.80. The Morgan fingerprint density at radius 3 is 2.45 bits per heavy atom. The van der Waals surface area contributed by atoms with Crippen LogP contribution in [-0.4, -0.2) is 56.9 Å². The van der Waals surface area contributed by atoms with Gasteiger partial charge in [-0.05, 0) is 43.5 Å². The number of piperidine rings is 1. The van der Waals surface area contributed by atoms with Gasteiger partial charge in [0, 0.05) is 18.2 Å². The molecule has 1 atom stereocenters. The van der Waals surface area contributed by atoms with E-state index < -0.39 is 27.3 Å². The number of carbonyl (C=O) groups excluding carboxylic acids is 3. The molecule has 1 saturated carbocycles. The van der Waals surface area contributed by atoms with E-state index in [0.717, 1.165) is 30.9 Å². The summed E-state index contributed by atoms with van der Waals surface area (Å²) in [5.41, 5.74) is -0.0567. The predicted molar refractivity (Wildman–Crippen MR) is 143 cm³/mol. The summed E-state index contributed by atoms with van der Waals surface area (Å²) in [6.45, 7) is 0.386. The van der Waals surface area contributed by atoms with Crippen molar-refractivity contribution in [2.24, 2.45) is 0 Å². The van der Waals surface area contributed by atoms with Crippen LogP contribution in [0.2, 0.25) is 0 Å². The second-order valence-corrected chi connectivity index (χ2v) is 12.2. The normalized spacial score (nSPS) is 19.8. The molecule has 1 saturated heterocycles. The van der Waals surface area contributed by atoms with Gasteiger partial charge in [-0.25, -0.2) is 8.42 Å². The number of furan rings is 1. The molecular weight excluding hydrogens is 506 g/mol. The van der Waals surface area contributed by atoms with E-state index in [0.29, 0.717) is 37.1 Å². The molecule has 1 unspecified atom stereocenters. The number of hydrogen-bond donors (Lipinski definition) is 2. The smallest absolute Gasteiger partial charge is 0.287 e. The second-order valence-electron chi connectivity index (χ2n) is 10.2. The van der Waals surface area contributed by atoms with Gasteiger partial charge in [-0.2, -0.15) is 0 Å². The number of carbonyl (C=O) groups is 3. The molecule has 38 heavy (non-hydrogen) atoms. The van der Waals surface area contributed by atoms with Crippen molar-refractivity contribution in [2.75, 3.05) is 24.2 Å². The average Bonchev–Trinajstić information content (AvgIpc) is 3.34. The fourth-order valence-electron chi connectivity index (χ4n) is 5.45. The minimum Gasteiger partial charge on any atom is -0.451 e. The predicted octanol–water partition coefficient (Wildman–Crippen LogP) is 3.23. The van der Waals surface area contributed by atoms with Crippen molar-refractivity contribution in [3.8, 4) is 0 Å². The maximum absolute atomic E-state index is 13.6. The number of sulfone groups is 1. The lowest BCUT2D eigenvalue weighted by molar-refractivity contribution is -0.133. The maximum atomic E-state index is 13.6. The topological polar surface area (TPSA) is 126 Å². The molecule has 9 nitrogen and oxygen atoms in total. The number of hydrogen-bond acceptors (Lipinski definition) is 7. The molecule has 1 aliphatic carbocycles. The number of para-hydroxylation sites is 2. The zero-order chi connectivity index (χ0) is 26.9. The van der Waals surface area contributed by atoms with Crippen LogP contribution in [0.3, 0.4) is 0 Å². The number of amides is 2. The van der Waals surface area contributed by atoms with E-state index in [4.69, 9.17) is 4.42 Å². The second kappa shape index (κ2) is 10.2. The standard InChI is InChI=1S/C28H31N3O6S/c1-38(35,36)25-12-6-4-10-21(25)31-16-13-20(22(32)18-31)29-27(34)28(14-7-2-8-15-28)30-26(33)24-17-19-9-3-5-11-23(19)37-24/h3-6,9-12,17,20H,2,7-8,13-16,18H2,1H3,(H,29,34)(H,30,33). The Kier molecular flexibility index (Phi) is 7.00. The Hall–Kier alpha value is -3.66. The Labute approximate surface area is 221 Å². The Balaban J connectivity index is 1.30. The van der Waals surface area contributed by atoms with Gasteiger partial charge < -0.3 is 20.0 Å². The first-order valence-electron chi connectivity index (χ1n) is 12.9. The summed E-state index contributed by atoms with van der Waals surface area (Å²) in [5, 5.41) is 6.64. The molecule has 0 spiro atoms. The summed E-state index contributed by atoms with van der Waals surface area (Å²) in [4.78, 5) is 41.8. The molecule has 3 aromatic rings. The number of nitrogens with zero attached hydrogens (tertiary/aromatic N) is 1. The average molecular weight is 538 g/mol. The number of rotatable bonds is 6. The SMILES string of the molecule is CS(=O)(=O)c1ccccc1N1CCC(NC(=O)C2(NC(=O)c3cc4ccccc4o3)CCCCC2)C(=O)C1. The molecule has 10 heteroatoms. The van der Waals surface area contributed by atoms with E-state index in [-0.39, 0.29) is 28.9 Å². The summed E-state index contributed by atoms with van der Waals surface area (Å²) in [7, 11) is -3.47. The van der Waals surface area contributed by atoms with Crippen LogP contribution in [0.1, 0.15) is 49.1 Å². The Bertz CT molecular complexity index is 1460. The van der Waals surface area contributed by atoms with Crippen molar-refractivity contribution in [3.05, 3.63) is 60.4 Å². The third-order valence-electron chi connectivity index (χ3n) is 7.48. The van der Waals surface area contributed by atoms with Crippen LogP contribution in [0, 0.1) is 0 Å². The van der Waals surface area contributed by atoms with Crippen LogP contribution >= 0.6 is 0 Å². The number of ketones is 1. The van der Waals surface area contributed by atoms with Crippen molar-refractivity contribution in [1.82, 2.24) is 10.6 Å². The van der Waals surface area contributed by atoms with Crippen LogP contribution in [0.25, 0.3) is 11.0 Å². The summed E-state index contributed by atoms with van der Waals surface area (Å²) in [6, 6.07) is 14.9. The first kappa shape index (κ1) is 26.0. The minimum absolute atomic E-state index is 0.0180. The molecule has 0 radical (unpaired) electrons. The van der Waals surface area contributed by atoms with Gasteiger partial charge in [0.15, 0.2) is 21.4 Å². The van der Waals surface area contributed by atoms with Gasteiger partial charge in [0.25, 0.3) is 5.91 Å². The van der Waals surface area contributed by atoms with E-state index in [2.05, 4.69) is 10.6 Å². The van der Waals surface area contributed by atoms with E-state index in [1.165, 1.54) is 6.07 Å². The molecule has 200 valence electrons. The molecule has 1 aromatic heterocycles. The molecule has 1 aliphatic heterocycles. The molecular formula is C28H31N3O6S. The monoisotopic (exact) mass is 537 g/mol. The fourth-order valence-corrected chi connectivity index (χ4v) is 6.35.